The van der Waals surface area contributed by atoms with Crippen LogP contribution in [0.4, 0.5) is 5.69 Å². The van der Waals surface area contributed by atoms with Gasteiger partial charge < -0.3 is 9.15 Å². The monoisotopic (exact) mass is 587 g/mol. The number of rotatable bonds is 9. The average molecular weight is 588 g/mol. The number of benzene rings is 5. The summed E-state index contributed by atoms with van der Waals surface area (Å²) in [6.07, 6.45) is 0. The van der Waals surface area contributed by atoms with Gasteiger partial charge in [-0.05, 0) is 71.1 Å². The Bertz CT molecular complexity index is 1970. The molecule has 0 saturated carbocycles. The summed E-state index contributed by atoms with van der Waals surface area (Å²) in [5, 5.41) is 0.597. The highest BCUT2D eigenvalue weighted by Gasteiger charge is 2.26. The minimum Gasteiger partial charge on any atom is -0.460 e. The minimum absolute atomic E-state index is 0.0661. The van der Waals surface area contributed by atoms with Crippen molar-refractivity contribution in [3.8, 4) is 22.3 Å². The van der Waals surface area contributed by atoms with Gasteiger partial charge in [0.05, 0.1) is 23.7 Å². The van der Waals surface area contributed by atoms with Gasteiger partial charge in [-0.25, -0.2) is 13.2 Å². The van der Waals surface area contributed by atoms with Gasteiger partial charge in [-0.2, -0.15) is 0 Å². The predicted octanol–water partition coefficient (Wildman–Crippen LogP) is 8.34. The van der Waals surface area contributed by atoms with Crippen molar-refractivity contribution in [3.05, 3.63) is 145 Å². The zero-order valence-electron chi connectivity index (χ0n) is 23.5. The predicted molar refractivity (Wildman–Crippen MR) is 169 cm³/mol. The van der Waals surface area contributed by atoms with E-state index in [4.69, 9.17) is 9.15 Å². The number of hydrogen-bond acceptors (Lipinski definition) is 5. The molecule has 0 spiro atoms. The first-order chi connectivity index (χ1) is 20.9. The Morgan fingerprint density at radius 1 is 0.698 bits per heavy atom. The number of esters is 1. The zero-order valence-corrected chi connectivity index (χ0v) is 24.3. The van der Waals surface area contributed by atoms with E-state index in [0.717, 1.165) is 27.8 Å². The smallest absolute Gasteiger partial charge is 0.374 e. The largest absolute Gasteiger partial charge is 0.460 e. The van der Waals surface area contributed by atoms with Crippen molar-refractivity contribution in [1.29, 1.82) is 0 Å². The van der Waals surface area contributed by atoms with Crippen LogP contribution in [-0.4, -0.2) is 21.0 Å². The molecule has 0 atom stereocenters. The molecule has 1 aromatic heterocycles. The molecule has 0 saturated heterocycles. The molecule has 6 aromatic rings. The SMILES string of the molecule is CCOC(=O)c1cc2cc(N(Cc3ccc(-c4ccccc4)cc3)S(=O)(=O)c3ccc(-c4ccccc4)cc3)ccc2o1. The molecule has 0 aliphatic rings. The van der Waals surface area contributed by atoms with E-state index in [1.165, 1.54) is 4.31 Å². The molecule has 214 valence electrons. The highest BCUT2D eigenvalue weighted by atomic mass is 32.2. The van der Waals surface area contributed by atoms with Crippen LogP contribution in [0.1, 0.15) is 23.0 Å². The fourth-order valence-corrected chi connectivity index (χ4v) is 6.42. The summed E-state index contributed by atoms with van der Waals surface area (Å²) in [7, 11) is -3.99. The highest BCUT2D eigenvalue weighted by Crippen LogP contribution is 2.32. The maximum absolute atomic E-state index is 14.2. The lowest BCUT2D eigenvalue weighted by Gasteiger charge is -2.25. The van der Waals surface area contributed by atoms with Gasteiger partial charge in [0.25, 0.3) is 10.0 Å². The van der Waals surface area contributed by atoms with Crippen LogP contribution in [-0.2, 0) is 21.3 Å². The first-order valence-corrected chi connectivity index (χ1v) is 15.4. The van der Waals surface area contributed by atoms with Crippen LogP contribution in [0.15, 0.2) is 143 Å². The summed E-state index contributed by atoms with van der Waals surface area (Å²) in [5.41, 5.74) is 5.79. The minimum atomic E-state index is -3.99. The Labute approximate surface area is 250 Å². The Hall–Kier alpha value is -5.14. The van der Waals surface area contributed by atoms with Crippen molar-refractivity contribution in [2.45, 2.75) is 18.4 Å². The van der Waals surface area contributed by atoms with Crippen LogP contribution in [0.3, 0.4) is 0 Å². The Morgan fingerprint density at radius 2 is 1.26 bits per heavy atom. The lowest BCUT2D eigenvalue weighted by atomic mass is 10.0. The number of nitrogens with zero attached hydrogens (tertiary/aromatic N) is 1. The fraction of sp³-hybridized carbons (Fsp3) is 0.0833. The van der Waals surface area contributed by atoms with Crippen LogP contribution < -0.4 is 4.31 Å². The first kappa shape index (κ1) is 28.0. The molecule has 7 heteroatoms. The van der Waals surface area contributed by atoms with Crippen LogP contribution >= 0.6 is 0 Å². The van der Waals surface area contributed by atoms with E-state index in [9.17, 15) is 13.2 Å². The van der Waals surface area contributed by atoms with Crippen molar-refractivity contribution >= 4 is 32.6 Å². The number of ether oxygens (including phenoxy) is 1. The number of fused-ring (bicyclic) bond motifs is 1. The van der Waals surface area contributed by atoms with Gasteiger partial charge in [-0.3, -0.25) is 4.31 Å². The molecule has 0 aliphatic carbocycles. The lowest BCUT2D eigenvalue weighted by molar-refractivity contribution is 0.0492. The van der Waals surface area contributed by atoms with Crippen LogP contribution in [0, 0.1) is 0 Å². The summed E-state index contributed by atoms with van der Waals surface area (Å²) in [6, 6.07) is 41.3. The number of sulfonamides is 1. The van der Waals surface area contributed by atoms with Gasteiger partial charge in [-0.15, -0.1) is 0 Å². The van der Waals surface area contributed by atoms with Crippen molar-refractivity contribution in [1.82, 2.24) is 0 Å². The topological polar surface area (TPSA) is 76.8 Å². The van der Waals surface area contributed by atoms with Gasteiger partial charge >= 0.3 is 5.97 Å². The number of furan rings is 1. The maximum Gasteiger partial charge on any atom is 0.374 e. The normalized spacial score (nSPS) is 11.4. The number of anilines is 1. The number of hydrogen-bond donors (Lipinski definition) is 0. The lowest BCUT2D eigenvalue weighted by Crippen LogP contribution is -2.30. The molecule has 1 heterocycles. The van der Waals surface area contributed by atoms with E-state index in [1.807, 2.05) is 97.1 Å². The fourth-order valence-electron chi connectivity index (χ4n) is 4.98. The van der Waals surface area contributed by atoms with E-state index in [2.05, 4.69) is 0 Å². The van der Waals surface area contributed by atoms with Crippen LogP contribution in [0.25, 0.3) is 33.2 Å². The molecule has 0 amide bonds. The third-order valence-electron chi connectivity index (χ3n) is 7.20. The second-order valence-electron chi connectivity index (χ2n) is 10.0. The van der Waals surface area contributed by atoms with Crippen molar-refractivity contribution < 1.29 is 22.4 Å². The van der Waals surface area contributed by atoms with E-state index in [0.29, 0.717) is 16.7 Å². The summed E-state index contributed by atoms with van der Waals surface area (Å²) >= 11 is 0. The third-order valence-corrected chi connectivity index (χ3v) is 8.99. The second-order valence-corrected chi connectivity index (χ2v) is 11.9. The molecule has 0 unspecified atom stereocenters. The molecule has 43 heavy (non-hydrogen) atoms. The molecule has 0 fully saturated rings. The highest BCUT2D eigenvalue weighted by molar-refractivity contribution is 7.92. The van der Waals surface area contributed by atoms with E-state index in [1.54, 1.807) is 43.3 Å². The number of carbonyl (C=O) groups excluding carboxylic acids is 1. The summed E-state index contributed by atoms with van der Waals surface area (Å²) in [6.45, 7) is 2.05. The molecular formula is C36H29NO5S. The molecule has 0 N–H and O–H groups in total. The quantitative estimate of drug-likeness (QED) is 0.159. The van der Waals surface area contributed by atoms with Crippen molar-refractivity contribution in [2.75, 3.05) is 10.9 Å². The first-order valence-electron chi connectivity index (χ1n) is 14.0. The van der Waals surface area contributed by atoms with Gasteiger partial charge in [-0.1, -0.05) is 97.1 Å². The maximum atomic E-state index is 14.2. The van der Waals surface area contributed by atoms with E-state index < -0.39 is 16.0 Å². The van der Waals surface area contributed by atoms with Crippen molar-refractivity contribution in [2.24, 2.45) is 0 Å². The summed E-state index contributed by atoms with van der Waals surface area (Å²) < 4.78 is 40.6. The standard InChI is InChI=1S/C36H29NO5S/c1-2-41-36(38)35-24-31-23-32(19-22-34(31)42-35)37(25-26-13-15-29(16-14-26)27-9-5-3-6-10-27)43(39,40)33-20-17-30(18-21-33)28-11-7-4-8-12-28/h3-24H,2,25H2,1H3. The summed E-state index contributed by atoms with van der Waals surface area (Å²) in [4.78, 5) is 12.4. The Kier molecular flexibility index (Phi) is 7.81. The van der Waals surface area contributed by atoms with Gasteiger partial charge in [0.15, 0.2) is 0 Å². The molecule has 0 radical (unpaired) electrons. The molecule has 6 rings (SSSR count). The average Bonchev–Trinajstić information content (AvgIpc) is 3.49. The Balaban J connectivity index is 1.38. The van der Waals surface area contributed by atoms with Gasteiger partial charge in [0.2, 0.25) is 5.76 Å². The van der Waals surface area contributed by atoms with Gasteiger partial charge in [0.1, 0.15) is 5.58 Å². The van der Waals surface area contributed by atoms with Crippen LogP contribution in [0.2, 0.25) is 0 Å². The summed E-state index contributed by atoms with van der Waals surface area (Å²) in [5.74, 6) is -0.502. The second kappa shape index (κ2) is 12.0. The van der Waals surface area contributed by atoms with Crippen molar-refractivity contribution in [3.63, 3.8) is 0 Å². The number of carbonyl (C=O) groups is 1. The van der Waals surface area contributed by atoms with E-state index in [-0.39, 0.29) is 23.8 Å². The molecular weight excluding hydrogens is 558 g/mol. The van der Waals surface area contributed by atoms with Gasteiger partial charge in [0, 0.05) is 5.39 Å². The molecule has 0 bridgehead atoms. The molecule has 6 nitrogen and oxygen atoms in total. The molecule has 0 aliphatic heterocycles. The third kappa shape index (κ3) is 5.94. The van der Waals surface area contributed by atoms with E-state index >= 15 is 0 Å². The zero-order chi connectivity index (χ0) is 29.8. The van der Waals surface area contributed by atoms with Crippen LogP contribution in [0.5, 0.6) is 0 Å². The molecule has 5 aromatic carbocycles. The Morgan fingerprint density at radius 3 is 1.84 bits per heavy atom.